The number of pyridine rings is 1. The first-order valence-electron chi connectivity index (χ1n) is 11.2. The fourth-order valence-electron chi connectivity index (χ4n) is 4.45. The maximum Gasteiger partial charge on any atom is 0.322 e. The molecule has 0 aliphatic carbocycles. The van der Waals surface area contributed by atoms with Crippen LogP contribution < -0.4 is 14.9 Å². The Morgan fingerprint density at radius 2 is 2.03 bits per heavy atom. The third kappa shape index (κ3) is 5.08. The van der Waals surface area contributed by atoms with Gasteiger partial charge in [0.2, 0.25) is 0 Å². The number of nitrogens with zero attached hydrogens (tertiary/aromatic N) is 3. The zero-order valence-corrected chi connectivity index (χ0v) is 20.1. The van der Waals surface area contributed by atoms with Gasteiger partial charge in [-0.3, -0.25) is 14.6 Å². The molecule has 180 valence electrons. The number of rotatable bonds is 6. The molecular weight excluding hydrogens is 469 g/mol. The summed E-state index contributed by atoms with van der Waals surface area (Å²) in [4.78, 5) is 30.8. The number of aryl methyl sites for hydroxylation is 1. The molecule has 35 heavy (non-hydrogen) atoms. The van der Waals surface area contributed by atoms with Crippen molar-refractivity contribution in [3.63, 3.8) is 0 Å². The average Bonchev–Trinajstić information content (AvgIpc) is 3.42. The van der Waals surface area contributed by atoms with Crippen molar-refractivity contribution in [2.45, 2.75) is 25.5 Å². The lowest BCUT2D eigenvalue weighted by Crippen LogP contribution is -2.39. The molecule has 2 aromatic heterocycles. The van der Waals surface area contributed by atoms with Crippen molar-refractivity contribution < 1.29 is 13.9 Å². The first kappa shape index (κ1) is 23.1. The molecule has 8 nitrogen and oxygen atoms in total. The van der Waals surface area contributed by atoms with Crippen molar-refractivity contribution in [3.05, 3.63) is 85.8 Å². The number of fused-ring (bicyclic) bond motifs is 1. The fourth-order valence-corrected chi connectivity index (χ4v) is 5.21. The summed E-state index contributed by atoms with van der Waals surface area (Å²) in [5, 5.41) is 11.1. The Hall–Kier alpha value is -3.63. The zero-order valence-electron chi connectivity index (χ0n) is 19.2. The van der Waals surface area contributed by atoms with Crippen LogP contribution in [0.25, 0.3) is 10.9 Å². The molecule has 10 heteroatoms. The first-order valence-corrected chi connectivity index (χ1v) is 12.0. The van der Waals surface area contributed by atoms with E-state index in [-0.39, 0.29) is 35.2 Å². The smallest absolute Gasteiger partial charge is 0.322 e. The molecule has 0 spiro atoms. The molecule has 1 aliphatic rings. The minimum atomic E-state index is -0.322. The first-order chi connectivity index (χ1) is 16.9. The molecule has 5 rings (SSSR count). The largest absolute Gasteiger partial charge is 0.489 e. The lowest BCUT2D eigenvalue weighted by molar-refractivity contribution is 0.0935. The molecular formula is C25H24FN5O3S. The summed E-state index contributed by atoms with van der Waals surface area (Å²) >= 11 is 1.08. The van der Waals surface area contributed by atoms with Gasteiger partial charge in [0.1, 0.15) is 23.2 Å². The van der Waals surface area contributed by atoms with Crippen LogP contribution in [0.5, 0.6) is 5.75 Å². The van der Waals surface area contributed by atoms with E-state index in [1.165, 1.54) is 12.1 Å². The monoisotopic (exact) mass is 493 g/mol. The van der Waals surface area contributed by atoms with Crippen LogP contribution in [0, 0.1) is 12.7 Å². The predicted molar refractivity (Wildman–Crippen MR) is 131 cm³/mol. The lowest BCUT2D eigenvalue weighted by atomic mass is 10.0. The minimum absolute atomic E-state index is 0.0426. The molecule has 2 atom stereocenters. The van der Waals surface area contributed by atoms with Crippen molar-refractivity contribution in [1.29, 1.82) is 0 Å². The van der Waals surface area contributed by atoms with E-state index in [0.717, 1.165) is 28.1 Å². The molecule has 0 bridgehead atoms. The number of carbonyl (C=O) groups is 1. The van der Waals surface area contributed by atoms with Crippen LogP contribution in [-0.4, -0.2) is 52.2 Å². The summed E-state index contributed by atoms with van der Waals surface area (Å²) in [7, 11) is 1.97. The van der Waals surface area contributed by atoms with Gasteiger partial charge < -0.3 is 15.0 Å². The number of hydrogen-bond donors (Lipinski definition) is 2. The topological polar surface area (TPSA) is 100 Å². The number of likely N-dealkylation sites (N-methyl/N-ethyl adjacent to an activating group) is 1. The number of ether oxygens (including phenoxy) is 1. The van der Waals surface area contributed by atoms with Gasteiger partial charge in [0.15, 0.2) is 0 Å². The van der Waals surface area contributed by atoms with Crippen LogP contribution in [-0.2, 0) is 6.61 Å². The Bertz CT molecular complexity index is 1440. The van der Waals surface area contributed by atoms with Crippen LogP contribution in [0.2, 0.25) is 0 Å². The Morgan fingerprint density at radius 1 is 1.23 bits per heavy atom. The molecule has 4 aromatic rings. The summed E-state index contributed by atoms with van der Waals surface area (Å²) < 4.78 is 19.7. The van der Waals surface area contributed by atoms with Gasteiger partial charge in [0.25, 0.3) is 5.91 Å². The number of benzene rings is 2. The number of hydrogen-bond acceptors (Lipinski definition) is 7. The van der Waals surface area contributed by atoms with E-state index in [2.05, 4.69) is 25.4 Å². The van der Waals surface area contributed by atoms with Gasteiger partial charge in [-0.1, -0.05) is 11.3 Å². The summed E-state index contributed by atoms with van der Waals surface area (Å²) in [5.74, 6) is 0.0345. The van der Waals surface area contributed by atoms with Gasteiger partial charge in [-0.15, -0.1) is 0 Å². The molecule has 1 saturated heterocycles. The van der Waals surface area contributed by atoms with Crippen LogP contribution in [0.15, 0.2) is 53.3 Å². The van der Waals surface area contributed by atoms with Gasteiger partial charge in [-0.05, 0) is 62.5 Å². The summed E-state index contributed by atoms with van der Waals surface area (Å²) in [6.45, 7) is 3.52. The van der Waals surface area contributed by atoms with Crippen LogP contribution >= 0.6 is 11.3 Å². The fraction of sp³-hybridized carbons (Fsp3) is 0.280. The Labute approximate surface area is 204 Å². The van der Waals surface area contributed by atoms with E-state index < -0.39 is 0 Å². The number of nitrogens with one attached hydrogen (secondary N) is 2. The maximum absolute atomic E-state index is 13.8. The molecule has 2 N–H and O–H groups in total. The van der Waals surface area contributed by atoms with Crippen molar-refractivity contribution in [2.75, 3.05) is 20.1 Å². The Kier molecular flexibility index (Phi) is 6.31. The van der Waals surface area contributed by atoms with Crippen LogP contribution in [0.4, 0.5) is 4.39 Å². The molecule has 1 aliphatic heterocycles. The van der Waals surface area contributed by atoms with E-state index in [0.29, 0.717) is 34.8 Å². The molecule has 0 radical (unpaired) electrons. The molecule has 1 fully saturated rings. The van der Waals surface area contributed by atoms with Gasteiger partial charge in [0.05, 0.1) is 11.6 Å². The van der Waals surface area contributed by atoms with E-state index in [4.69, 9.17) is 4.74 Å². The molecule has 0 saturated carbocycles. The standard InChI is InChI=1S/C25H24FN5O3S/c1-14-9-16(19-10-17(26)5-8-21(19)27-14)13-34-18-6-3-15(4-7-18)23(32)28-22-12-31(2)11-20(22)24-29-30-25(33)35-24/h3-10,20,22H,11-13H2,1-2H3,(H,28,32)(H,30,33)/t20-,22+/m0/s1. The third-order valence-electron chi connectivity index (χ3n) is 6.09. The van der Waals surface area contributed by atoms with Crippen LogP contribution in [0.3, 0.4) is 0 Å². The minimum Gasteiger partial charge on any atom is -0.489 e. The summed E-state index contributed by atoms with van der Waals surface area (Å²) in [6, 6.07) is 13.1. The molecule has 3 heterocycles. The van der Waals surface area contributed by atoms with Crippen molar-refractivity contribution in [2.24, 2.45) is 0 Å². The van der Waals surface area contributed by atoms with E-state index in [9.17, 15) is 14.0 Å². The van der Waals surface area contributed by atoms with Crippen molar-refractivity contribution in [3.8, 4) is 5.75 Å². The second-order valence-corrected chi connectivity index (χ2v) is 9.75. The summed E-state index contributed by atoms with van der Waals surface area (Å²) in [6.07, 6.45) is 0. The van der Waals surface area contributed by atoms with E-state index in [1.54, 1.807) is 30.3 Å². The van der Waals surface area contributed by atoms with Gasteiger partial charge in [0, 0.05) is 41.2 Å². The van der Waals surface area contributed by atoms with E-state index >= 15 is 0 Å². The number of aromatic amines is 1. The Morgan fingerprint density at radius 3 is 2.77 bits per heavy atom. The highest BCUT2D eigenvalue weighted by atomic mass is 32.1. The number of aromatic nitrogens is 3. The van der Waals surface area contributed by atoms with Gasteiger partial charge >= 0.3 is 4.87 Å². The van der Waals surface area contributed by atoms with Crippen LogP contribution in [0.1, 0.15) is 32.5 Å². The number of carbonyl (C=O) groups excluding carboxylic acids is 1. The molecule has 1 amide bonds. The highest BCUT2D eigenvalue weighted by Gasteiger charge is 2.35. The van der Waals surface area contributed by atoms with Crippen molar-refractivity contribution in [1.82, 2.24) is 25.4 Å². The number of likely N-dealkylation sites (tertiary alicyclic amines) is 1. The van der Waals surface area contributed by atoms with Gasteiger partial charge in [-0.2, -0.15) is 5.10 Å². The molecule has 2 aromatic carbocycles. The summed E-state index contributed by atoms with van der Waals surface area (Å²) in [5.41, 5.74) is 2.89. The Balaban J connectivity index is 1.25. The number of amides is 1. The average molecular weight is 494 g/mol. The number of H-pyrrole nitrogens is 1. The zero-order chi connectivity index (χ0) is 24.5. The second kappa shape index (κ2) is 9.55. The number of halogens is 1. The van der Waals surface area contributed by atoms with E-state index in [1.807, 2.05) is 20.0 Å². The maximum atomic E-state index is 13.8. The highest BCUT2D eigenvalue weighted by molar-refractivity contribution is 7.08. The van der Waals surface area contributed by atoms with Gasteiger partial charge in [-0.25, -0.2) is 9.49 Å². The molecule has 0 unspecified atom stereocenters. The third-order valence-corrected chi connectivity index (χ3v) is 6.97. The highest BCUT2D eigenvalue weighted by Crippen LogP contribution is 2.27. The lowest BCUT2D eigenvalue weighted by Gasteiger charge is -2.18. The quantitative estimate of drug-likeness (QED) is 0.428. The van der Waals surface area contributed by atoms with Crippen molar-refractivity contribution >= 4 is 28.1 Å². The normalized spacial score (nSPS) is 18.1. The predicted octanol–water partition coefficient (Wildman–Crippen LogP) is 3.23. The second-order valence-electron chi connectivity index (χ2n) is 8.76. The SMILES string of the molecule is Cc1cc(COc2ccc(C(=O)N[C@@H]3CN(C)C[C@@H]3c3n[nH]c(=O)s3)cc2)c2cc(F)ccc2n1.